The highest BCUT2D eigenvalue weighted by Gasteiger charge is 2.22. The van der Waals surface area contributed by atoms with Crippen molar-refractivity contribution in [3.8, 4) is 22.4 Å². The number of nitrogen functional groups attached to an aromatic ring is 1. The standard InChI is InChI=1S/C29H28N6O2/c1-6-7-16-34(4)29(37)21-10-8-19(9-11-21)23-24-26(30)31-17-32-27(24)35(5)25(23)20-12-14-22(15-13-20)33-28(36)18(2)3/h7-15,17H,1-2,16H2,3-5H3,(H,33,36)(H2,30,31,32). The molecule has 2 heterocycles. The zero-order chi connectivity index (χ0) is 26.7. The summed E-state index contributed by atoms with van der Waals surface area (Å²) in [5.74, 6) is 0.0246. The SMILES string of the molecule is C=C=CCN(C)C(=O)c1ccc(-c2c(-c3ccc(NC(=O)C(=C)C)cc3)n(C)c3ncnc(N)c23)cc1. The van der Waals surface area contributed by atoms with E-state index in [9.17, 15) is 9.59 Å². The van der Waals surface area contributed by atoms with Gasteiger partial charge in [0.25, 0.3) is 11.8 Å². The summed E-state index contributed by atoms with van der Waals surface area (Å²) in [4.78, 5) is 35.1. The number of nitrogens with one attached hydrogen (secondary N) is 1. The number of nitrogens with two attached hydrogens (primary N) is 1. The van der Waals surface area contributed by atoms with Gasteiger partial charge in [0.2, 0.25) is 0 Å². The van der Waals surface area contributed by atoms with Crippen LogP contribution in [0, 0.1) is 0 Å². The van der Waals surface area contributed by atoms with Crippen molar-refractivity contribution in [2.45, 2.75) is 6.92 Å². The van der Waals surface area contributed by atoms with E-state index in [1.165, 1.54) is 6.33 Å². The van der Waals surface area contributed by atoms with Crippen LogP contribution in [0.1, 0.15) is 17.3 Å². The number of aromatic nitrogens is 3. The number of anilines is 2. The van der Waals surface area contributed by atoms with Gasteiger partial charge in [0.15, 0.2) is 0 Å². The van der Waals surface area contributed by atoms with Crippen LogP contribution in [-0.4, -0.2) is 44.8 Å². The molecule has 0 aliphatic heterocycles. The van der Waals surface area contributed by atoms with Gasteiger partial charge in [-0.1, -0.05) is 37.4 Å². The third-order valence-electron chi connectivity index (χ3n) is 6.08. The van der Waals surface area contributed by atoms with Gasteiger partial charge >= 0.3 is 0 Å². The van der Waals surface area contributed by atoms with Crippen LogP contribution in [0.4, 0.5) is 11.5 Å². The summed E-state index contributed by atoms with van der Waals surface area (Å²) in [6, 6.07) is 14.9. The van der Waals surface area contributed by atoms with Gasteiger partial charge in [0.05, 0.1) is 11.1 Å². The molecule has 0 fully saturated rings. The van der Waals surface area contributed by atoms with Gasteiger partial charge in [-0.05, 0) is 48.4 Å². The molecule has 2 amide bonds. The van der Waals surface area contributed by atoms with Gasteiger partial charge in [0, 0.05) is 43.0 Å². The molecule has 0 bridgehead atoms. The Hall–Kier alpha value is -4.94. The summed E-state index contributed by atoms with van der Waals surface area (Å²) < 4.78 is 1.97. The minimum absolute atomic E-state index is 0.105. The van der Waals surface area contributed by atoms with E-state index in [-0.39, 0.29) is 11.8 Å². The number of aryl methyl sites for hydroxylation is 1. The minimum atomic E-state index is -0.234. The second-order valence-corrected chi connectivity index (χ2v) is 8.72. The fourth-order valence-electron chi connectivity index (χ4n) is 4.13. The van der Waals surface area contributed by atoms with Crippen molar-refractivity contribution in [2.24, 2.45) is 7.05 Å². The maximum Gasteiger partial charge on any atom is 0.253 e. The third kappa shape index (κ3) is 4.91. The summed E-state index contributed by atoms with van der Waals surface area (Å²) >= 11 is 0. The number of fused-ring (bicyclic) bond motifs is 1. The Balaban J connectivity index is 1.80. The van der Waals surface area contributed by atoms with Crippen LogP contribution in [-0.2, 0) is 11.8 Å². The maximum atomic E-state index is 12.8. The molecule has 4 aromatic rings. The van der Waals surface area contributed by atoms with Crippen molar-refractivity contribution >= 4 is 34.4 Å². The normalized spacial score (nSPS) is 10.6. The predicted octanol–water partition coefficient (Wildman–Crippen LogP) is 4.81. The Morgan fingerprint density at radius 3 is 2.38 bits per heavy atom. The molecule has 0 saturated carbocycles. The van der Waals surface area contributed by atoms with Gasteiger partial charge in [-0.2, -0.15) is 0 Å². The molecule has 0 aliphatic rings. The lowest BCUT2D eigenvalue weighted by Crippen LogP contribution is -2.26. The Bertz CT molecular complexity index is 1560. The molecule has 0 unspecified atom stereocenters. The van der Waals surface area contributed by atoms with Gasteiger partial charge in [-0.25, -0.2) is 9.97 Å². The van der Waals surface area contributed by atoms with Crippen molar-refractivity contribution in [1.29, 1.82) is 0 Å². The number of likely N-dealkylation sites (N-methyl/N-ethyl adjacent to an activating group) is 1. The second-order valence-electron chi connectivity index (χ2n) is 8.72. The van der Waals surface area contributed by atoms with Crippen LogP contribution < -0.4 is 11.1 Å². The highest BCUT2D eigenvalue weighted by atomic mass is 16.2. The fourth-order valence-corrected chi connectivity index (χ4v) is 4.13. The van der Waals surface area contributed by atoms with Crippen molar-refractivity contribution in [2.75, 3.05) is 24.6 Å². The molecule has 0 radical (unpaired) electrons. The number of rotatable bonds is 7. The van der Waals surface area contributed by atoms with Crippen LogP contribution in [0.2, 0.25) is 0 Å². The molecule has 0 spiro atoms. The molecule has 0 saturated heterocycles. The average Bonchev–Trinajstić information content (AvgIpc) is 3.20. The summed E-state index contributed by atoms with van der Waals surface area (Å²) in [6.45, 7) is 9.30. The number of hydrogen-bond acceptors (Lipinski definition) is 5. The molecule has 2 aromatic heterocycles. The Morgan fingerprint density at radius 2 is 1.76 bits per heavy atom. The molecule has 8 heteroatoms. The Labute approximate surface area is 215 Å². The molecule has 2 aromatic carbocycles. The van der Waals surface area contributed by atoms with Crippen molar-refractivity contribution < 1.29 is 9.59 Å². The fraction of sp³-hybridized carbons (Fsp3) is 0.138. The quantitative estimate of drug-likeness (QED) is 0.284. The largest absolute Gasteiger partial charge is 0.383 e. The van der Waals surface area contributed by atoms with Crippen LogP contribution in [0.5, 0.6) is 0 Å². The topological polar surface area (TPSA) is 106 Å². The van der Waals surface area contributed by atoms with Gasteiger partial charge in [-0.3, -0.25) is 9.59 Å². The van der Waals surface area contributed by atoms with E-state index in [0.29, 0.717) is 34.8 Å². The third-order valence-corrected chi connectivity index (χ3v) is 6.08. The van der Waals surface area contributed by atoms with E-state index in [4.69, 9.17) is 5.73 Å². The highest BCUT2D eigenvalue weighted by molar-refractivity contribution is 6.08. The summed E-state index contributed by atoms with van der Waals surface area (Å²) in [6.07, 6.45) is 3.14. The monoisotopic (exact) mass is 492 g/mol. The van der Waals surface area contributed by atoms with Gasteiger partial charge in [0.1, 0.15) is 17.8 Å². The van der Waals surface area contributed by atoms with E-state index in [2.05, 4.69) is 34.2 Å². The molecule has 8 nitrogen and oxygen atoms in total. The maximum absolute atomic E-state index is 12.8. The van der Waals surface area contributed by atoms with E-state index in [1.807, 2.05) is 48.0 Å². The molecule has 0 atom stereocenters. The molecular formula is C29H28N6O2. The van der Waals surface area contributed by atoms with Crippen molar-refractivity contribution in [1.82, 2.24) is 19.4 Å². The summed E-state index contributed by atoms with van der Waals surface area (Å²) in [7, 11) is 3.65. The lowest BCUT2D eigenvalue weighted by atomic mass is 9.97. The minimum Gasteiger partial charge on any atom is -0.383 e. The van der Waals surface area contributed by atoms with Crippen LogP contribution >= 0.6 is 0 Å². The molecule has 186 valence electrons. The van der Waals surface area contributed by atoms with Crippen molar-refractivity contribution in [3.05, 3.63) is 91.0 Å². The van der Waals surface area contributed by atoms with E-state index in [0.717, 1.165) is 27.8 Å². The number of nitrogens with zero attached hydrogens (tertiary/aromatic N) is 4. The zero-order valence-electron chi connectivity index (χ0n) is 21.1. The first kappa shape index (κ1) is 25.2. The first-order chi connectivity index (χ1) is 17.7. The van der Waals surface area contributed by atoms with E-state index in [1.54, 1.807) is 37.1 Å². The lowest BCUT2D eigenvalue weighted by Gasteiger charge is -2.15. The Morgan fingerprint density at radius 1 is 1.11 bits per heavy atom. The zero-order valence-corrected chi connectivity index (χ0v) is 21.1. The Kier molecular flexibility index (Phi) is 7.04. The lowest BCUT2D eigenvalue weighted by molar-refractivity contribution is -0.112. The van der Waals surface area contributed by atoms with Gasteiger partial charge < -0.3 is 20.5 Å². The number of hydrogen-bond donors (Lipinski definition) is 2. The number of carbonyl (C=O) groups excluding carboxylic acids is 2. The predicted molar refractivity (Wildman–Crippen MR) is 148 cm³/mol. The smallest absolute Gasteiger partial charge is 0.253 e. The average molecular weight is 493 g/mol. The van der Waals surface area contributed by atoms with E-state index < -0.39 is 0 Å². The molecule has 3 N–H and O–H groups in total. The number of benzene rings is 2. The van der Waals surface area contributed by atoms with Crippen LogP contribution in [0.15, 0.2) is 85.4 Å². The molecular weight excluding hydrogens is 464 g/mol. The highest BCUT2D eigenvalue weighted by Crippen LogP contribution is 2.41. The number of amides is 2. The van der Waals surface area contributed by atoms with Crippen molar-refractivity contribution in [3.63, 3.8) is 0 Å². The molecule has 37 heavy (non-hydrogen) atoms. The molecule has 4 rings (SSSR count). The van der Waals surface area contributed by atoms with Crippen LogP contribution in [0.25, 0.3) is 33.4 Å². The summed E-state index contributed by atoms with van der Waals surface area (Å²) in [5.41, 5.74) is 14.9. The van der Waals surface area contributed by atoms with Gasteiger partial charge in [-0.15, -0.1) is 5.73 Å². The second kappa shape index (κ2) is 10.4. The van der Waals surface area contributed by atoms with Crippen LogP contribution in [0.3, 0.4) is 0 Å². The first-order valence-corrected chi connectivity index (χ1v) is 11.6. The number of carbonyl (C=O) groups is 2. The van der Waals surface area contributed by atoms with E-state index >= 15 is 0 Å². The summed E-state index contributed by atoms with van der Waals surface area (Å²) in [5, 5.41) is 3.55. The first-order valence-electron chi connectivity index (χ1n) is 11.6. The molecule has 0 aliphatic carbocycles.